The van der Waals surface area contributed by atoms with Crippen LogP contribution >= 0.6 is 0 Å². The third kappa shape index (κ3) is 4.38. The Labute approximate surface area is 178 Å². The fourth-order valence-electron chi connectivity index (χ4n) is 3.90. The molecule has 164 valence electrons. The van der Waals surface area contributed by atoms with Gasteiger partial charge >= 0.3 is 5.97 Å². The first-order chi connectivity index (χ1) is 15.0. The number of carbonyl (C=O) groups is 3. The van der Waals surface area contributed by atoms with Gasteiger partial charge in [-0.2, -0.15) is 0 Å². The third-order valence-electron chi connectivity index (χ3n) is 5.55. The molecule has 1 aromatic heterocycles. The zero-order valence-electron chi connectivity index (χ0n) is 17.2. The number of amides is 2. The van der Waals surface area contributed by atoms with Crippen LogP contribution in [0.15, 0.2) is 35.0 Å². The van der Waals surface area contributed by atoms with Crippen LogP contribution < -0.4 is 10.1 Å². The highest BCUT2D eigenvalue weighted by Gasteiger charge is 2.39. The minimum absolute atomic E-state index is 0.0649. The number of esters is 1. The Morgan fingerprint density at radius 3 is 2.87 bits per heavy atom. The van der Waals surface area contributed by atoms with Crippen LogP contribution in [0.25, 0.3) is 0 Å². The number of benzene rings is 1. The fourth-order valence-corrected chi connectivity index (χ4v) is 3.90. The lowest BCUT2D eigenvalue weighted by Gasteiger charge is -2.42. The van der Waals surface area contributed by atoms with Crippen LogP contribution in [0.1, 0.15) is 40.2 Å². The molecule has 3 heterocycles. The van der Waals surface area contributed by atoms with Gasteiger partial charge in [-0.15, -0.1) is 0 Å². The van der Waals surface area contributed by atoms with E-state index in [1.807, 2.05) is 0 Å². The molecule has 1 saturated heterocycles. The molecule has 0 unspecified atom stereocenters. The van der Waals surface area contributed by atoms with Crippen LogP contribution in [0.5, 0.6) is 5.75 Å². The summed E-state index contributed by atoms with van der Waals surface area (Å²) < 4.78 is 21.5. The number of nitrogens with one attached hydrogen (secondary N) is 1. The van der Waals surface area contributed by atoms with Crippen LogP contribution in [-0.2, 0) is 14.3 Å². The van der Waals surface area contributed by atoms with Gasteiger partial charge in [0.1, 0.15) is 18.5 Å². The van der Waals surface area contributed by atoms with Crippen LogP contribution in [0.3, 0.4) is 0 Å². The number of ether oxygens (including phenoxy) is 3. The molecule has 1 N–H and O–H groups in total. The lowest BCUT2D eigenvalue weighted by Crippen LogP contribution is -2.53. The van der Waals surface area contributed by atoms with Crippen molar-refractivity contribution in [1.29, 1.82) is 0 Å². The number of methoxy groups -OCH3 is 1. The van der Waals surface area contributed by atoms with Crippen molar-refractivity contribution >= 4 is 23.5 Å². The second-order valence-electron chi connectivity index (χ2n) is 7.49. The van der Waals surface area contributed by atoms with E-state index < -0.39 is 5.91 Å². The highest BCUT2D eigenvalue weighted by atomic mass is 16.6. The molecule has 2 aliphatic rings. The maximum absolute atomic E-state index is 13.2. The molecule has 10 heteroatoms. The standard InChI is InChI=1S/C21H23N3O7/c1-24-15-5-4-13(10-19(25)28-2)30-18(15)11-29-16-6-3-12(9-14(16)21(24)27)23-20(26)17-7-8-22-31-17/h3,6-9,13,15,18H,4-5,10-11H2,1-2H3,(H,23,26)/t13-,15-,18-/m1/s1. The summed E-state index contributed by atoms with van der Waals surface area (Å²) in [5.41, 5.74) is 0.772. The zero-order chi connectivity index (χ0) is 22.0. The number of nitrogens with zero attached hydrogens (tertiary/aromatic N) is 2. The monoisotopic (exact) mass is 429 g/mol. The van der Waals surface area contributed by atoms with E-state index in [0.717, 1.165) is 0 Å². The van der Waals surface area contributed by atoms with Crippen LogP contribution in [0.4, 0.5) is 5.69 Å². The van der Waals surface area contributed by atoms with Gasteiger partial charge in [-0.25, -0.2) is 0 Å². The van der Waals surface area contributed by atoms with Gasteiger partial charge in [0.05, 0.1) is 37.4 Å². The summed E-state index contributed by atoms with van der Waals surface area (Å²) >= 11 is 0. The third-order valence-corrected chi connectivity index (χ3v) is 5.55. The Bertz CT molecular complexity index is 975. The van der Waals surface area contributed by atoms with Crippen molar-refractivity contribution in [2.24, 2.45) is 0 Å². The molecule has 0 radical (unpaired) electrons. The quantitative estimate of drug-likeness (QED) is 0.732. The molecule has 1 fully saturated rings. The molecule has 3 atom stereocenters. The molecule has 2 aliphatic heterocycles. The van der Waals surface area contributed by atoms with Crippen LogP contribution in [0.2, 0.25) is 0 Å². The summed E-state index contributed by atoms with van der Waals surface area (Å²) in [6.45, 7) is 0.233. The van der Waals surface area contributed by atoms with E-state index in [2.05, 4.69) is 10.5 Å². The van der Waals surface area contributed by atoms with Crippen molar-refractivity contribution in [2.75, 3.05) is 26.1 Å². The topological polar surface area (TPSA) is 120 Å². The second-order valence-corrected chi connectivity index (χ2v) is 7.49. The smallest absolute Gasteiger partial charge is 0.308 e. The highest BCUT2D eigenvalue weighted by molar-refractivity contribution is 6.04. The van der Waals surface area contributed by atoms with E-state index in [4.69, 9.17) is 18.7 Å². The van der Waals surface area contributed by atoms with Crippen molar-refractivity contribution in [2.45, 2.75) is 37.5 Å². The minimum atomic E-state index is -0.470. The summed E-state index contributed by atoms with van der Waals surface area (Å²) in [5.74, 6) is -0.579. The summed E-state index contributed by atoms with van der Waals surface area (Å²) in [7, 11) is 3.07. The lowest BCUT2D eigenvalue weighted by molar-refractivity contribution is -0.151. The summed E-state index contributed by atoms with van der Waals surface area (Å²) in [6.07, 6.45) is 2.22. The van der Waals surface area contributed by atoms with Gasteiger partial charge in [-0.1, -0.05) is 5.16 Å². The Morgan fingerprint density at radius 2 is 2.13 bits per heavy atom. The molecule has 1 aromatic carbocycles. The molecule has 0 saturated carbocycles. The predicted octanol–water partition coefficient (Wildman–Crippen LogP) is 1.87. The predicted molar refractivity (Wildman–Crippen MR) is 107 cm³/mol. The molecule has 0 aliphatic carbocycles. The molecule has 0 spiro atoms. The minimum Gasteiger partial charge on any atom is -0.490 e. The number of anilines is 1. The van der Waals surface area contributed by atoms with Gasteiger partial charge in [0.15, 0.2) is 0 Å². The maximum Gasteiger partial charge on any atom is 0.308 e. The number of aromatic nitrogens is 1. The molecule has 2 amide bonds. The average molecular weight is 429 g/mol. The Kier molecular flexibility index (Phi) is 5.90. The van der Waals surface area contributed by atoms with Crippen molar-refractivity contribution in [3.63, 3.8) is 0 Å². The molecule has 0 bridgehead atoms. The largest absolute Gasteiger partial charge is 0.490 e. The van der Waals surface area contributed by atoms with E-state index in [-0.39, 0.29) is 48.9 Å². The molecule has 4 rings (SSSR count). The SMILES string of the molecule is COC(=O)C[C@H]1CC[C@@H]2[C@@H](COc3ccc(NC(=O)c4ccno4)cc3C(=O)N2C)O1. The van der Waals surface area contributed by atoms with E-state index in [0.29, 0.717) is 29.8 Å². The Balaban J connectivity index is 1.52. The molecular weight excluding hydrogens is 406 g/mol. The van der Waals surface area contributed by atoms with Crippen molar-refractivity contribution < 1.29 is 33.1 Å². The number of fused-ring (bicyclic) bond motifs is 2. The van der Waals surface area contributed by atoms with E-state index in [1.165, 1.54) is 19.4 Å². The van der Waals surface area contributed by atoms with E-state index in [9.17, 15) is 14.4 Å². The number of carbonyl (C=O) groups excluding carboxylic acids is 3. The first kappa shape index (κ1) is 20.9. The van der Waals surface area contributed by atoms with Gasteiger partial charge in [-0.3, -0.25) is 14.4 Å². The summed E-state index contributed by atoms with van der Waals surface area (Å²) in [4.78, 5) is 38.6. The Hall–Kier alpha value is -3.40. The summed E-state index contributed by atoms with van der Waals surface area (Å²) in [5, 5.41) is 6.19. The van der Waals surface area contributed by atoms with Crippen molar-refractivity contribution in [3.05, 3.63) is 41.8 Å². The number of hydrogen-bond acceptors (Lipinski definition) is 8. The van der Waals surface area contributed by atoms with Gasteiger partial charge < -0.3 is 29.0 Å². The first-order valence-electron chi connectivity index (χ1n) is 9.94. The summed E-state index contributed by atoms with van der Waals surface area (Å²) in [6, 6.07) is 6.10. The number of likely N-dealkylation sites (N-methyl/N-ethyl adjacent to an activating group) is 1. The first-order valence-corrected chi connectivity index (χ1v) is 9.94. The van der Waals surface area contributed by atoms with Gasteiger partial charge in [0.25, 0.3) is 11.8 Å². The molecule has 2 aromatic rings. The van der Waals surface area contributed by atoms with Gasteiger partial charge in [-0.05, 0) is 31.0 Å². The fraction of sp³-hybridized carbons (Fsp3) is 0.429. The molecule has 10 nitrogen and oxygen atoms in total. The van der Waals surface area contributed by atoms with Crippen molar-refractivity contribution in [3.8, 4) is 5.75 Å². The second kappa shape index (κ2) is 8.76. The van der Waals surface area contributed by atoms with Crippen LogP contribution in [-0.4, -0.2) is 66.9 Å². The number of hydrogen-bond donors (Lipinski definition) is 1. The van der Waals surface area contributed by atoms with Gasteiger partial charge in [0.2, 0.25) is 5.76 Å². The van der Waals surface area contributed by atoms with E-state index >= 15 is 0 Å². The van der Waals surface area contributed by atoms with Gasteiger partial charge in [0, 0.05) is 18.8 Å². The number of rotatable bonds is 4. The molecular formula is C21H23N3O7. The zero-order valence-corrected chi connectivity index (χ0v) is 17.2. The van der Waals surface area contributed by atoms with E-state index in [1.54, 1.807) is 30.1 Å². The average Bonchev–Trinajstić information content (AvgIpc) is 3.32. The normalized spacial score (nSPS) is 23.0. The highest BCUT2D eigenvalue weighted by Crippen LogP contribution is 2.32. The Morgan fingerprint density at radius 1 is 1.29 bits per heavy atom. The van der Waals surface area contributed by atoms with Crippen molar-refractivity contribution in [1.82, 2.24) is 10.1 Å². The maximum atomic E-state index is 13.2. The van der Waals surface area contributed by atoms with Crippen LogP contribution in [0, 0.1) is 0 Å². The lowest BCUT2D eigenvalue weighted by atomic mass is 9.94. The molecule has 31 heavy (non-hydrogen) atoms.